The molecule has 2 rings (SSSR count). The Balaban J connectivity index is 2.46. The van der Waals surface area contributed by atoms with Gasteiger partial charge in [0, 0.05) is 16.8 Å². The summed E-state index contributed by atoms with van der Waals surface area (Å²) in [4.78, 5) is 17.3. The van der Waals surface area contributed by atoms with Crippen LogP contribution in [0.25, 0.3) is 0 Å². The summed E-state index contributed by atoms with van der Waals surface area (Å²) in [7, 11) is 0. The van der Waals surface area contributed by atoms with Gasteiger partial charge in [0.25, 0.3) is 5.91 Å². The maximum Gasteiger partial charge on any atom is 0.252 e. The first-order chi connectivity index (χ1) is 13.1. The number of ether oxygens (including phenoxy) is 1. The number of allylic oxidation sites excluding steroid dienone is 2. The molecule has 140 valence electrons. The van der Waals surface area contributed by atoms with Gasteiger partial charge in [-0.25, -0.2) is 4.99 Å². The van der Waals surface area contributed by atoms with Crippen molar-refractivity contribution in [1.29, 1.82) is 5.26 Å². The minimum Gasteiger partial charge on any atom is -0.477 e. The molecule has 1 aliphatic heterocycles. The van der Waals surface area contributed by atoms with Gasteiger partial charge in [0.2, 0.25) is 5.88 Å². The summed E-state index contributed by atoms with van der Waals surface area (Å²) in [5, 5.41) is 21.7. The molecule has 1 aromatic carbocycles. The molecule has 2 unspecified atom stereocenters. The fraction of sp³-hybridized carbons (Fsp3) is 0.286. The highest BCUT2D eigenvalue weighted by Gasteiger charge is 2.22. The molecule has 6 heteroatoms. The van der Waals surface area contributed by atoms with Gasteiger partial charge in [0.15, 0.2) is 6.10 Å². The second-order valence-corrected chi connectivity index (χ2v) is 5.98. The number of amides is 1. The number of aliphatic hydroxyl groups is 1. The van der Waals surface area contributed by atoms with Gasteiger partial charge in [-0.3, -0.25) is 4.79 Å². The zero-order chi connectivity index (χ0) is 19.6. The minimum absolute atomic E-state index is 0.338. The largest absolute Gasteiger partial charge is 0.477 e. The number of nitrogens with zero attached hydrogens (tertiary/aromatic N) is 2. The number of hydrogen-bond acceptors (Lipinski definition) is 5. The SMILES string of the molecule is C=C/C=C1\N=C(/C)c2ccccc2C(=O)NC(C(O)C#N)C/C=C/CCO1. The van der Waals surface area contributed by atoms with E-state index in [4.69, 9.17) is 10.00 Å². The Bertz CT molecular complexity index is 818. The lowest BCUT2D eigenvalue weighted by molar-refractivity contribution is 0.0890. The monoisotopic (exact) mass is 365 g/mol. The second kappa shape index (κ2) is 10.1. The molecule has 2 N–H and O–H groups in total. The van der Waals surface area contributed by atoms with Gasteiger partial charge in [0.05, 0.1) is 18.7 Å². The molecule has 1 aliphatic rings. The number of hydrogen-bond donors (Lipinski definition) is 2. The standard InChI is InChI=1S/C21H23N3O3/c1-3-9-20-23-15(2)16-10-6-7-11-17(16)21(26)24-18(19(25)14-22)12-5-4-8-13-27-20/h3-7,9-11,18-19,25H,1,8,12-13H2,2H3,(H,24,26)/b5-4+,20-9+,23-15+. The molecule has 0 fully saturated rings. The lowest BCUT2D eigenvalue weighted by Crippen LogP contribution is -2.42. The second-order valence-electron chi connectivity index (χ2n) is 5.98. The Labute approximate surface area is 159 Å². The van der Waals surface area contributed by atoms with E-state index in [2.05, 4.69) is 16.9 Å². The first-order valence-corrected chi connectivity index (χ1v) is 8.70. The van der Waals surface area contributed by atoms with E-state index in [1.165, 1.54) is 0 Å². The minimum atomic E-state index is -1.30. The average molecular weight is 365 g/mol. The molecule has 1 amide bonds. The number of aliphatic hydroxyl groups excluding tert-OH is 1. The molecule has 1 aromatic rings. The average Bonchev–Trinajstić information content (AvgIpc) is 2.68. The normalized spacial score (nSPS) is 24.0. The fourth-order valence-corrected chi connectivity index (χ4v) is 2.64. The molecule has 0 radical (unpaired) electrons. The van der Waals surface area contributed by atoms with Crippen molar-refractivity contribution in [1.82, 2.24) is 5.32 Å². The molecule has 0 aliphatic carbocycles. The van der Waals surface area contributed by atoms with E-state index in [0.29, 0.717) is 42.2 Å². The van der Waals surface area contributed by atoms with Crippen LogP contribution in [0, 0.1) is 11.3 Å². The van der Waals surface area contributed by atoms with Gasteiger partial charge in [-0.15, -0.1) is 0 Å². The first kappa shape index (κ1) is 20.1. The van der Waals surface area contributed by atoms with E-state index >= 15 is 0 Å². The molecule has 1 heterocycles. The van der Waals surface area contributed by atoms with Crippen molar-refractivity contribution < 1.29 is 14.6 Å². The zero-order valence-electron chi connectivity index (χ0n) is 15.3. The van der Waals surface area contributed by atoms with E-state index in [1.807, 2.05) is 18.2 Å². The lowest BCUT2D eigenvalue weighted by Gasteiger charge is -2.20. The van der Waals surface area contributed by atoms with Gasteiger partial charge in [-0.05, 0) is 31.9 Å². The highest BCUT2D eigenvalue weighted by Crippen LogP contribution is 2.15. The molecule has 2 atom stereocenters. The molecule has 0 saturated carbocycles. The van der Waals surface area contributed by atoms with Gasteiger partial charge < -0.3 is 15.2 Å². The van der Waals surface area contributed by atoms with Crippen LogP contribution >= 0.6 is 0 Å². The van der Waals surface area contributed by atoms with Crippen molar-refractivity contribution >= 4 is 11.6 Å². The summed E-state index contributed by atoms with van der Waals surface area (Å²) < 4.78 is 5.68. The summed E-state index contributed by atoms with van der Waals surface area (Å²) in [6.45, 7) is 5.89. The summed E-state index contributed by atoms with van der Waals surface area (Å²) >= 11 is 0. The number of rotatable bonds is 2. The fourth-order valence-electron chi connectivity index (χ4n) is 2.64. The molecule has 27 heavy (non-hydrogen) atoms. The summed E-state index contributed by atoms with van der Waals surface area (Å²) in [5.41, 5.74) is 1.66. The molecule has 6 nitrogen and oxygen atoms in total. The predicted octanol–water partition coefficient (Wildman–Crippen LogP) is 2.87. The molecule has 0 saturated heterocycles. The van der Waals surface area contributed by atoms with Crippen molar-refractivity contribution in [2.24, 2.45) is 4.99 Å². The quantitative estimate of drug-likeness (QED) is 0.622. The number of carbonyl (C=O) groups excluding carboxylic acids is 1. The van der Waals surface area contributed by atoms with Crippen molar-refractivity contribution in [2.75, 3.05) is 6.61 Å². The van der Waals surface area contributed by atoms with Gasteiger partial charge in [-0.1, -0.05) is 43.0 Å². The van der Waals surface area contributed by atoms with E-state index in [-0.39, 0.29) is 5.91 Å². The molecular formula is C21H23N3O3. The highest BCUT2D eigenvalue weighted by atomic mass is 16.5. The number of nitrogens with one attached hydrogen (secondary N) is 1. The predicted molar refractivity (Wildman–Crippen MR) is 104 cm³/mol. The molecule has 0 aromatic heterocycles. The van der Waals surface area contributed by atoms with Gasteiger partial charge in [0.1, 0.15) is 0 Å². The van der Waals surface area contributed by atoms with Crippen molar-refractivity contribution in [3.63, 3.8) is 0 Å². The van der Waals surface area contributed by atoms with Crippen molar-refractivity contribution in [2.45, 2.75) is 31.9 Å². The first-order valence-electron chi connectivity index (χ1n) is 8.70. The van der Waals surface area contributed by atoms with Crippen molar-refractivity contribution in [3.05, 3.63) is 72.2 Å². The smallest absolute Gasteiger partial charge is 0.252 e. The van der Waals surface area contributed by atoms with Crippen LogP contribution in [0.1, 0.15) is 35.7 Å². The molecular weight excluding hydrogens is 342 g/mol. The number of carbonyl (C=O) groups is 1. The maximum atomic E-state index is 12.8. The van der Waals surface area contributed by atoms with Crippen molar-refractivity contribution in [3.8, 4) is 6.07 Å². The topological polar surface area (TPSA) is 94.7 Å². The third kappa shape index (κ3) is 5.66. The summed E-state index contributed by atoms with van der Waals surface area (Å²) in [6, 6.07) is 8.12. The number of aliphatic imine (C=N–C) groups is 1. The van der Waals surface area contributed by atoms with Gasteiger partial charge in [-0.2, -0.15) is 5.26 Å². The van der Waals surface area contributed by atoms with Crippen LogP contribution < -0.4 is 5.32 Å². The van der Waals surface area contributed by atoms with Crippen LogP contribution in [-0.4, -0.2) is 35.5 Å². The Kier molecular flexibility index (Phi) is 7.53. The van der Waals surface area contributed by atoms with Crippen LogP contribution in [0.2, 0.25) is 0 Å². The molecule has 0 bridgehead atoms. The zero-order valence-corrected chi connectivity index (χ0v) is 15.3. The Morgan fingerprint density at radius 1 is 1.41 bits per heavy atom. The van der Waals surface area contributed by atoms with E-state index in [0.717, 1.165) is 0 Å². The van der Waals surface area contributed by atoms with E-state index < -0.39 is 12.1 Å². The van der Waals surface area contributed by atoms with Crippen LogP contribution in [0.4, 0.5) is 0 Å². The Morgan fingerprint density at radius 2 is 2.15 bits per heavy atom. The summed E-state index contributed by atoms with van der Waals surface area (Å²) in [6.07, 6.45) is 6.63. The summed E-state index contributed by atoms with van der Waals surface area (Å²) in [5.74, 6) is 0.0426. The third-order valence-corrected chi connectivity index (χ3v) is 4.02. The number of fused-ring (bicyclic) bond motifs is 1. The maximum absolute atomic E-state index is 12.8. The number of benzene rings is 1. The van der Waals surface area contributed by atoms with Crippen LogP contribution in [0.15, 0.2) is 66.0 Å². The van der Waals surface area contributed by atoms with E-state index in [1.54, 1.807) is 43.3 Å². The van der Waals surface area contributed by atoms with Crippen LogP contribution in [0.3, 0.4) is 0 Å². The van der Waals surface area contributed by atoms with Crippen LogP contribution in [0.5, 0.6) is 0 Å². The van der Waals surface area contributed by atoms with Gasteiger partial charge >= 0.3 is 0 Å². The number of nitriles is 1. The lowest BCUT2D eigenvalue weighted by atomic mass is 10.0. The highest BCUT2D eigenvalue weighted by molar-refractivity contribution is 6.09. The van der Waals surface area contributed by atoms with Crippen LogP contribution in [-0.2, 0) is 4.74 Å². The Hall–Kier alpha value is -3.17. The molecule has 0 spiro atoms. The third-order valence-electron chi connectivity index (χ3n) is 4.02. The Morgan fingerprint density at radius 3 is 2.85 bits per heavy atom. The van der Waals surface area contributed by atoms with E-state index in [9.17, 15) is 9.90 Å².